The van der Waals surface area contributed by atoms with Gasteiger partial charge >= 0.3 is 11.7 Å². The molecule has 11 heteroatoms. The van der Waals surface area contributed by atoms with Gasteiger partial charge < -0.3 is 14.5 Å². The summed E-state index contributed by atoms with van der Waals surface area (Å²) in [6.45, 7) is 2.81. The molecule has 0 aliphatic rings. The molecule has 0 bridgehead atoms. The SMILES string of the molecule is CCOc1c(OC(C)=O)ccc(-c2nc(SC)[nH]c(=O)c2C#N)c1[N+](=O)[O-]. The number of hydrogen-bond acceptors (Lipinski definition) is 9. The Morgan fingerprint density at radius 1 is 1.48 bits per heavy atom. The molecule has 0 aliphatic carbocycles. The van der Waals surface area contributed by atoms with Crippen LogP contribution < -0.4 is 15.0 Å². The fourth-order valence-corrected chi connectivity index (χ4v) is 2.67. The average Bonchev–Trinajstić information content (AvgIpc) is 2.61. The van der Waals surface area contributed by atoms with Crippen molar-refractivity contribution >= 4 is 23.4 Å². The van der Waals surface area contributed by atoms with Crippen molar-refractivity contribution in [3.05, 3.63) is 38.2 Å². The molecule has 1 N–H and O–H groups in total. The van der Waals surface area contributed by atoms with Crippen molar-refractivity contribution in [2.24, 2.45) is 0 Å². The number of rotatable bonds is 6. The fourth-order valence-electron chi connectivity index (χ4n) is 2.29. The molecular weight excluding hydrogens is 376 g/mol. The first-order valence-corrected chi connectivity index (χ1v) is 8.77. The molecule has 1 aromatic carbocycles. The van der Waals surface area contributed by atoms with Gasteiger partial charge in [0.2, 0.25) is 5.75 Å². The van der Waals surface area contributed by atoms with E-state index in [1.54, 1.807) is 19.2 Å². The van der Waals surface area contributed by atoms with E-state index in [0.29, 0.717) is 0 Å². The van der Waals surface area contributed by atoms with Crippen LogP contribution in [0.3, 0.4) is 0 Å². The molecule has 0 aliphatic heterocycles. The molecule has 27 heavy (non-hydrogen) atoms. The third kappa shape index (κ3) is 4.06. The zero-order chi connectivity index (χ0) is 20.1. The number of nitrogens with one attached hydrogen (secondary N) is 1. The highest BCUT2D eigenvalue weighted by molar-refractivity contribution is 7.98. The number of benzene rings is 1. The minimum Gasteiger partial charge on any atom is -0.485 e. The molecule has 0 amide bonds. The molecule has 0 saturated carbocycles. The minimum atomic E-state index is -0.740. The van der Waals surface area contributed by atoms with Crippen molar-refractivity contribution in [1.82, 2.24) is 9.97 Å². The van der Waals surface area contributed by atoms with Crippen LogP contribution >= 0.6 is 11.8 Å². The molecule has 1 heterocycles. The highest BCUT2D eigenvalue weighted by atomic mass is 32.2. The van der Waals surface area contributed by atoms with Gasteiger partial charge in [-0.15, -0.1) is 0 Å². The topological polar surface area (TPSA) is 148 Å². The maximum atomic E-state index is 12.1. The molecule has 0 saturated heterocycles. The largest absolute Gasteiger partial charge is 0.485 e. The summed E-state index contributed by atoms with van der Waals surface area (Å²) < 4.78 is 10.3. The van der Waals surface area contributed by atoms with Crippen LogP contribution in [0, 0.1) is 21.4 Å². The summed E-state index contributed by atoms with van der Waals surface area (Å²) in [6.07, 6.45) is 1.65. The van der Waals surface area contributed by atoms with Gasteiger partial charge in [-0.1, -0.05) is 11.8 Å². The smallest absolute Gasteiger partial charge is 0.324 e. The Hall–Kier alpha value is -3.39. The van der Waals surface area contributed by atoms with Crippen molar-refractivity contribution in [2.75, 3.05) is 12.9 Å². The predicted molar refractivity (Wildman–Crippen MR) is 95.9 cm³/mol. The zero-order valence-electron chi connectivity index (χ0n) is 14.6. The second-order valence-corrected chi connectivity index (χ2v) is 5.78. The first-order valence-electron chi connectivity index (χ1n) is 7.55. The van der Waals surface area contributed by atoms with Gasteiger partial charge in [-0.2, -0.15) is 5.26 Å². The third-order valence-corrected chi connectivity index (χ3v) is 3.86. The number of aromatic nitrogens is 2. The number of nitro groups is 1. The lowest BCUT2D eigenvalue weighted by Gasteiger charge is -2.13. The molecule has 0 unspecified atom stereocenters. The lowest BCUT2D eigenvalue weighted by molar-refractivity contribution is -0.385. The first kappa shape index (κ1) is 19.9. The van der Waals surface area contributed by atoms with Gasteiger partial charge in [-0.3, -0.25) is 19.7 Å². The average molecular weight is 390 g/mol. The Kier molecular flexibility index (Phi) is 6.15. The van der Waals surface area contributed by atoms with E-state index in [4.69, 9.17) is 9.47 Å². The monoisotopic (exact) mass is 390 g/mol. The van der Waals surface area contributed by atoms with Crippen molar-refractivity contribution in [2.45, 2.75) is 19.0 Å². The molecule has 2 aromatic rings. The summed E-state index contributed by atoms with van der Waals surface area (Å²) in [4.78, 5) is 41.0. The van der Waals surface area contributed by atoms with Crippen molar-refractivity contribution in [3.63, 3.8) is 0 Å². The van der Waals surface area contributed by atoms with E-state index in [0.717, 1.165) is 18.7 Å². The number of hydrogen-bond donors (Lipinski definition) is 1. The van der Waals surface area contributed by atoms with Gasteiger partial charge in [0, 0.05) is 6.92 Å². The summed E-state index contributed by atoms with van der Waals surface area (Å²) in [5.41, 5.74) is -1.91. The number of esters is 1. The van der Waals surface area contributed by atoms with E-state index in [-0.39, 0.29) is 40.1 Å². The number of nitro benzene ring substituents is 1. The number of thioether (sulfide) groups is 1. The maximum Gasteiger partial charge on any atom is 0.324 e. The number of carbonyl (C=O) groups is 1. The summed E-state index contributed by atoms with van der Waals surface area (Å²) >= 11 is 1.10. The highest BCUT2D eigenvalue weighted by Gasteiger charge is 2.30. The third-order valence-electron chi connectivity index (χ3n) is 3.28. The van der Waals surface area contributed by atoms with E-state index in [2.05, 4.69) is 9.97 Å². The summed E-state index contributed by atoms with van der Waals surface area (Å²) in [7, 11) is 0. The van der Waals surface area contributed by atoms with Gasteiger partial charge in [0.15, 0.2) is 10.9 Å². The molecule has 1 aromatic heterocycles. The standard InChI is InChI=1S/C16H14N4O6S/c1-4-25-14-11(26-8(2)21)6-5-9(13(14)20(23)24)12-10(7-17)15(22)19-16(18-12)27-3/h5-6H,4H2,1-3H3,(H,18,19,22). The van der Waals surface area contributed by atoms with Crippen LogP contribution in [0.5, 0.6) is 11.5 Å². The van der Waals surface area contributed by atoms with Crippen LogP contribution in [0.25, 0.3) is 11.3 Å². The van der Waals surface area contributed by atoms with Crippen LogP contribution in [-0.2, 0) is 4.79 Å². The van der Waals surface area contributed by atoms with Crippen LogP contribution in [0.4, 0.5) is 5.69 Å². The number of carbonyl (C=O) groups excluding carboxylic acids is 1. The van der Waals surface area contributed by atoms with E-state index < -0.39 is 22.1 Å². The van der Waals surface area contributed by atoms with Crippen molar-refractivity contribution in [3.8, 4) is 28.8 Å². The van der Waals surface area contributed by atoms with Gasteiger partial charge in [0.1, 0.15) is 17.3 Å². The maximum absolute atomic E-state index is 12.1. The lowest BCUT2D eigenvalue weighted by atomic mass is 10.0. The number of H-pyrrole nitrogens is 1. The van der Waals surface area contributed by atoms with Crippen LogP contribution in [0.2, 0.25) is 0 Å². The van der Waals surface area contributed by atoms with Crippen molar-refractivity contribution < 1.29 is 19.2 Å². The van der Waals surface area contributed by atoms with Gasteiger partial charge in [-0.05, 0) is 25.3 Å². The molecular formula is C16H14N4O6S. The normalized spacial score (nSPS) is 10.1. The Morgan fingerprint density at radius 3 is 2.70 bits per heavy atom. The van der Waals surface area contributed by atoms with E-state index in [1.807, 2.05) is 0 Å². The second-order valence-electron chi connectivity index (χ2n) is 4.98. The van der Waals surface area contributed by atoms with Gasteiger partial charge in [0.05, 0.1) is 17.1 Å². The Morgan fingerprint density at radius 2 is 2.19 bits per heavy atom. The number of ether oxygens (including phenoxy) is 2. The Balaban J connectivity index is 2.90. The van der Waals surface area contributed by atoms with Crippen LogP contribution in [0.1, 0.15) is 19.4 Å². The number of nitriles is 1. The molecule has 140 valence electrons. The van der Waals surface area contributed by atoms with Crippen LogP contribution in [0.15, 0.2) is 22.1 Å². The fraction of sp³-hybridized carbons (Fsp3) is 0.250. The van der Waals surface area contributed by atoms with E-state index in [1.165, 1.54) is 12.1 Å². The summed E-state index contributed by atoms with van der Waals surface area (Å²) in [6, 6.07) is 4.26. The molecule has 2 rings (SSSR count). The quantitative estimate of drug-likeness (QED) is 0.196. The minimum absolute atomic E-state index is 0.0581. The Bertz CT molecular complexity index is 1010. The number of aromatic amines is 1. The van der Waals surface area contributed by atoms with Crippen LogP contribution in [-0.4, -0.2) is 33.7 Å². The Labute approximate surface area is 157 Å². The van der Waals surface area contributed by atoms with Gasteiger partial charge in [0.25, 0.3) is 5.56 Å². The van der Waals surface area contributed by atoms with Crippen molar-refractivity contribution in [1.29, 1.82) is 5.26 Å². The second kappa shape index (κ2) is 8.33. The molecule has 0 radical (unpaired) electrons. The molecule has 10 nitrogen and oxygen atoms in total. The molecule has 0 atom stereocenters. The lowest BCUT2D eigenvalue weighted by Crippen LogP contribution is -2.15. The van der Waals surface area contributed by atoms with E-state index in [9.17, 15) is 25.0 Å². The van der Waals surface area contributed by atoms with Gasteiger partial charge in [-0.25, -0.2) is 4.98 Å². The molecule has 0 fully saturated rings. The summed E-state index contributed by atoms with van der Waals surface area (Å²) in [5.74, 6) is -1.12. The first-order chi connectivity index (χ1) is 12.8. The van der Waals surface area contributed by atoms with E-state index >= 15 is 0 Å². The summed E-state index contributed by atoms with van der Waals surface area (Å²) in [5, 5.41) is 21.2. The predicted octanol–water partition coefficient (Wildman–Crippen LogP) is 2.26. The number of nitrogens with zero attached hydrogens (tertiary/aromatic N) is 3. The molecule has 0 spiro atoms. The zero-order valence-corrected chi connectivity index (χ0v) is 15.4. The highest BCUT2D eigenvalue weighted by Crippen LogP contribution is 2.44.